The Morgan fingerprint density at radius 3 is 2.68 bits per heavy atom. The molecule has 2 N–H and O–H groups in total. The van der Waals surface area contributed by atoms with Crippen LogP contribution in [0.1, 0.15) is 52.1 Å². The smallest absolute Gasteiger partial charge is 0.129 e. The van der Waals surface area contributed by atoms with Crippen LogP contribution in [0.5, 0.6) is 0 Å². The Labute approximate surface area is 134 Å². The van der Waals surface area contributed by atoms with Gasteiger partial charge in [-0.1, -0.05) is 32.4 Å². The second-order valence-electron chi connectivity index (χ2n) is 7.09. The Bertz CT molecular complexity index is 612. The molecule has 1 unspecified atom stereocenters. The van der Waals surface area contributed by atoms with Gasteiger partial charge in [0.25, 0.3) is 0 Å². The molecule has 0 aliphatic heterocycles. The minimum atomic E-state index is 0.0494. The molecule has 0 bridgehead atoms. The van der Waals surface area contributed by atoms with Crippen LogP contribution in [0.4, 0.5) is 0 Å². The van der Waals surface area contributed by atoms with Gasteiger partial charge in [-0.2, -0.15) is 0 Å². The standard InChI is InChI=1S/C19H28N2O/c1-13(12-20)10-16(21-5)14-6-7-15(11-14)17-8-9-18(22-17)19(2,3)4/h8-11,14H,6-7,12,20H2,1-5H3/b13-10+,21-16?. The zero-order valence-corrected chi connectivity index (χ0v) is 14.4. The van der Waals surface area contributed by atoms with Crippen molar-refractivity contribution in [2.24, 2.45) is 16.6 Å². The van der Waals surface area contributed by atoms with E-state index in [4.69, 9.17) is 10.2 Å². The van der Waals surface area contributed by atoms with Crippen LogP contribution in [0.3, 0.4) is 0 Å². The topological polar surface area (TPSA) is 51.5 Å². The number of hydrogen-bond donors (Lipinski definition) is 1. The zero-order valence-electron chi connectivity index (χ0n) is 14.4. The molecular formula is C19H28N2O. The lowest BCUT2D eigenvalue weighted by Crippen LogP contribution is -2.10. The number of furan rings is 1. The molecule has 1 atom stereocenters. The number of nitrogens with zero attached hydrogens (tertiary/aromatic N) is 1. The second kappa shape index (κ2) is 6.66. The highest BCUT2D eigenvalue weighted by Gasteiger charge is 2.24. The first-order chi connectivity index (χ1) is 10.3. The van der Waals surface area contributed by atoms with Gasteiger partial charge < -0.3 is 10.2 Å². The summed E-state index contributed by atoms with van der Waals surface area (Å²) in [5.41, 5.74) is 9.30. The molecular weight excluding hydrogens is 272 g/mol. The van der Waals surface area contributed by atoms with E-state index in [9.17, 15) is 0 Å². The van der Waals surface area contributed by atoms with Gasteiger partial charge in [0.1, 0.15) is 11.5 Å². The van der Waals surface area contributed by atoms with Crippen molar-refractivity contribution < 1.29 is 4.42 Å². The number of nitrogens with two attached hydrogens (primary N) is 1. The number of allylic oxidation sites excluding steroid dienone is 3. The van der Waals surface area contributed by atoms with Crippen molar-refractivity contribution in [3.63, 3.8) is 0 Å². The molecule has 0 radical (unpaired) electrons. The Morgan fingerprint density at radius 2 is 2.14 bits per heavy atom. The Hall–Kier alpha value is -1.61. The molecule has 2 rings (SSSR count). The summed E-state index contributed by atoms with van der Waals surface area (Å²) in [5, 5.41) is 0. The molecule has 1 aromatic heterocycles. The number of rotatable bonds is 4. The molecule has 0 spiro atoms. The van der Waals surface area contributed by atoms with Crippen LogP contribution in [-0.4, -0.2) is 19.3 Å². The van der Waals surface area contributed by atoms with Crippen molar-refractivity contribution in [2.75, 3.05) is 13.6 Å². The maximum absolute atomic E-state index is 6.05. The minimum absolute atomic E-state index is 0.0494. The number of aliphatic imine (C=N–C) groups is 1. The largest absolute Gasteiger partial charge is 0.461 e. The molecule has 1 aliphatic carbocycles. The van der Waals surface area contributed by atoms with E-state index in [1.807, 2.05) is 14.0 Å². The molecule has 3 heteroatoms. The third kappa shape index (κ3) is 3.77. The highest BCUT2D eigenvalue weighted by molar-refractivity contribution is 6.00. The van der Waals surface area contributed by atoms with E-state index in [-0.39, 0.29) is 5.41 Å². The average Bonchev–Trinajstić information content (AvgIpc) is 3.11. The Morgan fingerprint density at radius 1 is 1.41 bits per heavy atom. The van der Waals surface area contributed by atoms with Crippen molar-refractivity contribution in [1.82, 2.24) is 0 Å². The van der Waals surface area contributed by atoms with Crippen LogP contribution in [-0.2, 0) is 5.41 Å². The van der Waals surface area contributed by atoms with Gasteiger partial charge in [-0.3, -0.25) is 4.99 Å². The Balaban J connectivity index is 2.20. The van der Waals surface area contributed by atoms with Crippen molar-refractivity contribution in [2.45, 2.75) is 46.0 Å². The van der Waals surface area contributed by atoms with Gasteiger partial charge >= 0.3 is 0 Å². The summed E-state index contributed by atoms with van der Waals surface area (Å²) < 4.78 is 6.05. The minimum Gasteiger partial charge on any atom is -0.461 e. The predicted molar refractivity (Wildman–Crippen MR) is 94.3 cm³/mol. The summed E-state index contributed by atoms with van der Waals surface area (Å²) in [6.45, 7) is 9.14. The first kappa shape index (κ1) is 16.8. The molecule has 22 heavy (non-hydrogen) atoms. The van der Waals surface area contributed by atoms with Crippen molar-refractivity contribution in [3.05, 3.63) is 41.4 Å². The third-order valence-electron chi connectivity index (χ3n) is 4.14. The van der Waals surface area contributed by atoms with Crippen LogP contribution in [0.15, 0.2) is 39.3 Å². The van der Waals surface area contributed by atoms with Crippen LogP contribution in [0.25, 0.3) is 5.57 Å². The molecule has 1 aliphatic rings. The lowest BCUT2D eigenvalue weighted by atomic mass is 9.94. The zero-order chi connectivity index (χ0) is 16.3. The van der Waals surface area contributed by atoms with E-state index in [2.05, 4.69) is 50.0 Å². The third-order valence-corrected chi connectivity index (χ3v) is 4.14. The van der Waals surface area contributed by atoms with E-state index in [0.717, 1.165) is 35.6 Å². The predicted octanol–water partition coefficient (Wildman–Crippen LogP) is 4.35. The summed E-state index contributed by atoms with van der Waals surface area (Å²) in [6.07, 6.45) is 6.54. The molecule has 3 nitrogen and oxygen atoms in total. The molecule has 0 fully saturated rings. The van der Waals surface area contributed by atoms with Gasteiger partial charge in [0.2, 0.25) is 0 Å². The fourth-order valence-corrected chi connectivity index (χ4v) is 2.72. The Kier molecular flexibility index (Phi) is 5.07. The average molecular weight is 300 g/mol. The van der Waals surface area contributed by atoms with Gasteiger partial charge in [-0.05, 0) is 43.5 Å². The first-order valence-electron chi connectivity index (χ1n) is 8.00. The van der Waals surface area contributed by atoms with Crippen molar-refractivity contribution in [3.8, 4) is 0 Å². The monoisotopic (exact) mass is 300 g/mol. The lowest BCUT2D eigenvalue weighted by Gasteiger charge is -2.14. The lowest BCUT2D eigenvalue weighted by molar-refractivity contribution is 0.403. The summed E-state index contributed by atoms with van der Waals surface area (Å²) in [4.78, 5) is 4.44. The molecule has 0 saturated heterocycles. The summed E-state index contributed by atoms with van der Waals surface area (Å²) in [7, 11) is 1.85. The van der Waals surface area contributed by atoms with Gasteiger partial charge in [-0.25, -0.2) is 0 Å². The van der Waals surface area contributed by atoms with Crippen LogP contribution >= 0.6 is 0 Å². The van der Waals surface area contributed by atoms with Gasteiger partial charge in [0, 0.05) is 30.6 Å². The van der Waals surface area contributed by atoms with Crippen LogP contribution in [0.2, 0.25) is 0 Å². The van der Waals surface area contributed by atoms with Gasteiger partial charge in [-0.15, -0.1) is 0 Å². The maximum atomic E-state index is 6.05. The van der Waals surface area contributed by atoms with E-state index < -0.39 is 0 Å². The quantitative estimate of drug-likeness (QED) is 0.841. The van der Waals surface area contributed by atoms with Crippen molar-refractivity contribution >= 4 is 11.3 Å². The molecule has 0 saturated carbocycles. The summed E-state index contributed by atoms with van der Waals surface area (Å²) in [5.74, 6) is 2.40. The fraction of sp³-hybridized carbons (Fsp3) is 0.526. The normalized spacial score (nSPS) is 20.5. The van der Waals surface area contributed by atoms with Crippen LogP contribution in [0, 0.1) is 5.92 Å². The molecule has 0 aromatic carbocycles. The second-order valence-corrected chi connectivity index (χ2v) is 7.09. The van der Waals surface area contributed by atoms with Gasteiger partial charge in [0.15, 0.2) is 0 Å². The molecule has 1 heterocycles. The SMILES string of the molecule is CN=C(/C=C(\C)CN)C1C=C(c2ccc(C(C)(C)C)o2)CC1. The van der Waals surface area contributed by atoms with E-state index in [1.54, 1.807) is 0 Å². The summed E-state index contributed by atoms with van der Waals surface area (Å²) >= 11 is 0. The molecule has 120 valence electrons. The maximum Gasteiger partial charge on any atom is 0.129 e. The van der Waals surface area contributed by atoms with E-state index >= 15 is 0 Å². The molecule has 0 amide bonds. The molecule has 1 aromatic rings. The first-order valence-corrected chi connectivity index (χ1v) is 8.00. The van der Waals surface area contributed by atoms with E-state index in [0.29, 0.717) is 12.5 Å². The number of hydrogen-bond acceptors (Lipinski definition) is 3. The van der Waals surface area contributed by atoms with Crippen LogP contribution < -0.4 is 5.73 Å². The summed E-state index contributed by atoms with van der Waals surface area (Å²) in [6, 6.07) is 4.19. The highest BCUT2D eigenvalue weighted by Crippen LogP contribution is 2.35. The fourth-order valence-electron chi connectivity index (χ4n) is 2.72. The highest BCUT2D eigenvalue weighted by atomic mass is 16.3. The van der Waals surface area contributed by atoms with Gasteiger partial charge in [0.05, 0.1) is 0 Å². The van der Waals surface area contributed by atoms with E-state index in [1.165, 1.54) is 5.57 Å². The van der Waals surface area contributed by atoms with Crippen molar-refractivity contribution in [1.29, 1.82) is 0 Å².